The molecule has 0 aromatic heterocycles. The van der Waals surface area contributed by atoms with Crippen molar-refractivity contribution in [3.05, 3.63) is 29.8 Å². The average molecular weight is 354 g/mol. The topological polar surface area (TPSA) is 50.8 Å². The number of rotatable bonds is 7. The van der Waals surface area contributed by atoms with E-state index in [1.165, 1.54) is 0 Å². The molecule has 0 bridgehead atoms. The van der Waals surface area contributed by atoms with Gasteiger partial charge in [0.2, 0.25) is 5.91 Å². The van der Waals surface area contributed by atoms with Crippen LogP contribution in [0.15, 0.2) is 18.2 Å². The molecule has 0 radical (unpaired) electrons. The van der Waals surface area contributed by atoms with Gasteiger partial charge in [-0.1, -0.05) is 0 Å². The molecule has 7 heteroatoms. The third-order valence-electron chi connectivity index (χ3n) is 4.54. The molecule has 2 atom stereocenters. The van der Waals surface area contributed by atoms with Gasteiger partial charge in [-0.05, 0) is 37.8 Å². The molecule has 0 unspecified atom stereocenters. The zero-order valence-electron chi connectivity index (χ0n) is 14.2. The molecular formula is C18H24F2N2O3. The Morgan fingerprint density at radius 2 is 1.76 bits per heavy atom. The number of benzene rings is 1. The summed E-state index contributed by atoms with van der Waals surface area (Å²) in [4.78, 5) is 14.3. The molecular weight excluding hydrogens is 330 g/mol. The zero-order valence-corrected chi connectivity index (χ0v) is 14.2. The Morgan fingerprint density at radius 3 is 2.32 bits per heavy atom. The van der Waals surface area contributed by atoms with E-state index < -0.39 is 11.6 Å². The van der Waals surface area contributed by atoms with Gasteiger partial charge >= 0.3 is 0 Å². The van der Waals surface area contributed by atoms with Gasteiger partial charge in [0.25, 0.3) is 0 Å². The van der Waals surface area contributed by atoms with E-state index >= 15 is 0 Å². The predicted molar refractivity (Wildman–Crippen MR) is 89.4 cm³/mol. The molecule has 138 valence electrons. The highest BCUT2D eigenvalue weighted by Gasteiger charge is 2.25. The quantitative estimate of drug-likeness (QED) is 0.818. The highest BCUT2D eigenvalue weighted by Crippen LogP contribution is 2.18. The first-order valence-electron chi connectivity index (χ1n) is 8.80. The van der Waals surface area contributed by atoms with Crippen molar-refractivity contribution < 1.29 is 23.0 Å². The Hall–Kier alpha value is -1.57. The van der Waals surface area contributed by atoms with Gasteiger partial charge in [0.15, 0.2) is 0 Å². The average Bonchev–Trinajstić information content (AvgIpc) is 3.25. The number of carbonyl (C=O) groups excluding carboxylic acids is 1. The van der Waals surface area contributed by atoms with Gasteiger partial charge in [-0.25, -0.2) is 8.78 Å². The summed E-state index contributed by atoms with van der Waals surface area (Å²) in [6.07, 6.45) is 4.23. The summed E-state index contributed by atoms with van der Waals surface area (Å²) in [6, 6.07) is 3.01. The van der Waals surface area contributed by atoms with Crippen LogP contribution in [0.1, 0.15) is 25.7 Å². The molecule has 2 aliphatic heterocycles. The Kier molecular flexibility index (Phi) is 6.34. The van der Waals surface area contributed by atoms with E-state index in [-0.39, 0.29) is 30.3 Å². The second-order valence-electron chi connectivity index (χ2n) is 6.64. The van der Waals surface area contributed by atoms with Crippen molar-refractivity contribution in [1.29, 1.82) is 0 Å². The number of halogens is 2. The van der Waals surface area contributed by atoms with Crippen LogP contribution in [0.4, 0.5) is 14.5 Å². The molecule has 5 nitrogen and oxygen atoms in total. The molecule has 1 amide bonds. The molecule has 0 aliphatic carbocycles. The molecule has 25 heavy (non-hydrogen) atoms. The Bertz CT molecular complexity index is 570. The molecule has 2 aliphatic rings. The normalized spacial score (nSPS) is 23.3. The number of amides is 1. The standard InChI is InChI=1S/C18H24F2N2O3/c19-13-5-6-16(20)17(9-13)21-18(23)12-22(10-14-3-1-7-24-14)11-15-4-2-8-25-15/h5-6,9,14-15H,1-4,7-8,10-12H2,(H,21,23)/t14-,15-/m0/s1. The van der Waals surface area contributed by atoms with Gasteiger partial charge in [0, 0.05) is 32.4 Å². The Morgan fingerprint density at radius 1 is 1.12 bits per heavy atom. The van der Waals surface area contributed by atoms with E-state index in [1.807, 2.05) is 4.90 Å². The predicted octanol–water partition coefficient (Wildman–Crippen LogP) is 2.56. The zero-order chi connectivity index (χ0) is 17.6. The highest BCUT2D eigenvalue weighted by molar-refractivity contribution is 5.92. The Balaban J connectivity index is 1.58. The maximum Gasteiger partial charge on any atom is 0.238 e. The first-order valence-corrected chi connectivity index (χ1v) is 8.80. The summed E-state index contributed by atoms with van der Waals surface area (Å²) in [6.45, 7) is 2.87. The fourth-order valence-corrected chi connectivity index (χ4v) is 3.34. The van der Waals surface area contributed by atoms with Crippen molar-refractivity contribution in [3.63, 3.8) is 0 Å². The van der Waals surface area contributed by atoms with Crippen molar-refractivity contribution in [1.82, 2.24) is 4.90 Å². The van der Waals surface area contributed by atoms with E-state index in [1.54, 1.807) is 0 Å². The largest absolute Gasteiger partial charge is 0.377 e. The minimum Gasteiger partial charge on any atom is -0.377 e. The van der Waals surface area contributed by atoms with Crippen molar-refractivity contribution >= 4 is 11.6 Å². The minimum absolute atomic E-state index is 0.0929. The third kappa shape index (κ3) is 5.45. The lowest BCUT2D eigenvalue weighted by molar-refractivity contribution is -0.118. The van der Waals surface area contributed by atoms with E-state index in [9.17, 15) is 13.6 Å². The van der Waals surface area contributed by atoms with Crippen LogP contribution >= 0.6 is 0 Å². The number of hydrogen-bond acceptors (Lipinski definition) is 4. The van der Waals surface area contributed by atoms with Crippen LogP contribution in [0, 0.1) is 11.6 Å². The van der Waals surface area contributed by atoms with Crippen LogP contribution in [0.5, 0.6) is 0 Å². The number of carbonyl (C=O) groups is 1. The molecule has 0 spiro atoms. The lowest BCUT2D eigenvalue weighted by atomic mass is 10.2. The second kappa shape index (κ2) is 8.69. The number of anilines is 1. The molecule has 1 aromatic carbocycles. The monoisotopic (exact) mass is 354 g/mol. The summed E-state index contributed by atoms with van der Waals surface area (Å²) in [5, 5.41) is 2.45. The van der Waals surface area contributed by atoms with Gasteiger partial charge in [-0.3, -0.25) is 9.69 Å². The molecule has 1 N–H and O–H groups in total. The molecule has 2 saturated heterocycles. The van der Waals surface area contributed by atoms with Crippen molar-refractivity contribution in [2.24, 2.45) is 0 Å². The molecule has 2 heterocycles. The first-order chi connectivity index (χ1) is 12.1. The van der Waals surface area contributed by atoms with E-state index in [2.05, 4.69) is 5.32 Å². The van der Waals surface area contributed by atoms with Crippen molar-refractivity contribution in [2.45, 2.75) is 37.9 Å². The molecule has 3 rings (SSSR count). The number of hydrogen-bond donors (Lipinski definition) is 1. The lowest BCUT2D eigenvalue weighted by Crippen LogP contribution is -2.42. The molecule has 1 aromatic rings. The number of nitrogens with one attached hydrogen (secondary N) is 1. The van der Waals surface area contributed by atoms with Crippen molar-refractivity contribution in [2.75, 3.05) is 38.2 Å². The van der Waals surface area contributed by atoms with Crippen LogP contribution in [0.3, 0.4) is 0 Å². The number of nitrogens with zero attached hydrogens (tertiary/aromatic N) is 1. The van der Waals surface area contributed by atoms with Crippen LogP contribution in [0.25, 0.3) is 0 Å². The Labute approximate surface area is 146 Å². The summed E-state index contributed by atoms with van der Waals surface area (Å²) >= 11 is 0. The highest BCUT2D eigenvalue weighted by atomic mass is 19.1. The van der Waals surface area contributed by atoms with Crippen molar-refractivity contribution in [3.8, 4) is 0 Å². The smallest absolute Gasteiger partial charge is 0.238 e. The van der Waals surface area contributed by atoms with Crippen LogP contribution in [-0.4, -0.2) is 55.9 Å². The molecule has 2 fully saturated rings. The minimum atomic E-state index is -0.653. The van der Waals surface area contributed by atoms with Gasteiger partial charge in [0.1, 0.15) is 11.6 Å². The number of ether oxygens (including phenoxy) is 2. The van der Waals surface area contributed by atoms with Gasteiger partial charge in [-0.15, -0.1) is 0 Å². The summed E-state index contributed by atoms with van der Waals surface area (Å²) in [7, 11) is 0. The van der Waals surface area contributed by atoms with Crippen LogP contribution in [0.2, 0.25) is 0 Å². The molecule has 0 saturated carbocycles. The first kappa shape index (κ1) is 18.2. The fraction of sp³-hybridized carbons (Fsp3) is 0.611. The fourth-order valence-electron chi connectivity index (χ4n) is 3.34. The lowest BCUT2D eigenvalue weighted by Gasteiger charge is -2.27. The van der Waals surface area contributed by atoms with Crippen LogP contribution in [-0.2, 0) is 14.3 Å². The maximum atomic E-state index is 13.7. The van der Waals surface area contributed by atoms with Crippen LogP contribution < -0.4 is 5.32 Å². The summed E-state index contributed by atoms with van der Waals surface area (Å²) in [5.41, 5.74) is -0.140. The van der Waals surface area contributed by atoms with Gasteiger partial charge in [-0.2, -0.15) is 0 Å². The van der Waals surface area contributed by atoms with Gasteiger partial charge in [0.05, 0.1) is 24.4 Å². The van der Waals surface area contributed by atoms with E-state index in [0.717, 1.165) is 57.1 Å². The van der Waals surface area contributed by atoms with Gasteiger partial charge < -0.3 is 14.8 Å². The summed E-state index contributed by atoms with van der Waals surface area (Å²) < 4.78 is 38.2. The summed E-state index contributed by atoms with van der Waals surface area (Å²) in [5.74, 6) is -1.62. The third-order valence-corrected chi connectivity index (χ3v) is 4.54. The second-order valence-corrected chi connectivity index (χ2v) is 6.64. The van der Waals surface area contributed by atoms with E-state index in [0.29, 0.717) is 13.1 Å². The maximum absolute atomic E-state index is 13.7. The SMILES string of the molecule is O=C(CN(C[C@@H]1CCCO1)C[C@@H]1CCCO1)Nc1cc(F)ccc1F. The van der Waals surface area contributed by atoms with E-state index in [4.69, 9.17) is 9.47 Å².